The summed E-state index contributed by atoms with van der Waals surface area (Å²) in [6, 6.07) is 1.58. The number of aromatic amines is 2. The molecular weight excluding hydrogens is 184 g/mol. The van der Waals surface area contributed by atoms with Crippen LogP contribution in [0.3, 0.4) is 0 Å². The zero-order valence-electron chi connectivity index (χ0n) is 7.42. The first-order valence-corrected chi connectivity index (χ1v) is 4.04. The second-order valence-corrected chi connectivity index (χ2v) is 3.03. The van der Waals surface area contributed by atoms with E-state index in [4.69, 9.17) is 5.11 Å². The fraction of sp³-hybridized carbons (Fsp3) is 0.111. The predicted molar refractivity (Wildman–Crippen MR) is 50.6 cm³/mol. The van der Waals surface area contributed by atoms with Crippen LogP contribution in [0.5, 0.6) is 0 Å². The van der Waals surface area contributed by atoms with Crippen molar-refractivity contribution in [2.45, 2.75) is 6.92 Å². The number of hydrogen-bond donors (Lipinski definition) is 3. The second-order valence-electron chi connectivity index (χ2n) is 3.03. The molecule has 3 N–H and O–H groups in total. The molecule has 0 atom stereocenters. The lowest BCUT2D eigenvalue weighted by atomic mass is 10.1. The molecule has 0 unspecified atom stereocenters. The van der Waals surface area contributed by atoms with E-state index in [0.29, 0.717) is 16.6 Å². The zero-order chi connectivity index (χ0) is 10.3. The van der Waals surface area contributed by atoms with E-state index in [-0.39, 0.29) is 5.56 Å². The van der Waals surface area contributed by atoms with E-state index in [1.165, 1.54) is 0 Å². The predicted octanol–water partition coefficient (Wildman–Crippen LogP) is 0.863. The number of carboxylic acids is 1. The van der Waals surface area contributed by atoms with Gasteiger partial charge in [-0.2, -0.15) is 0 Å². The molecule has 0 bridgehead atoms. The Bertz CT molecular complexity index is 565. The lowest BCUT2D eigenvalue weighted by Crippen LogP contribution is -2.18. The molecule has 72 valence electrons. The van der Waals surface area contributed by atoms with Gasteiger partial charge in [-0.15, -0.1) is 0 Å². The largest absolute Gasteiger partial charge is 0.477 e. The number of aromatic carboxylic acids is 1. The van der Waals surface area contributed by atoms with Crippen molar-refractivity contribution in [3.8, 4) is 0 Å². The molecule has 0 amide bonds. The summed E-state index contributed by atoms with van der Waals surface area (Å²) in [5.41, 5.74) is 0.510. The van der Waals surface area contributed by atoms with Crippen LogP contribution in [0.1, 0.15) is 16.1 Å². The van der Waals surface area contributed by atoms with E-state index in [1.54, 1.807) is 19.2 Å². The van der Waals surface area contributed by atoms with Crippen molar-refractivity contribution >= 4 is 16.9 Å². The number of aromatic nitrogens is 2. The Morgan fingerprint density at radius 2 is 2.21 bits per heavy atom. The third-order valence-electron chi connectivity index (χ3n) is 2.13. The molecule has 0 saturated carbocycles. The van der Waals surface area contributed by atoms with Crippen molar-refractivity contribution < 1.29 is 9.90 Å². The first kappa shape index (κ1) is 8.55. The normalized spacial score (nSPS) is 10.6. The molecular formula is C9H8N2O3. The van der Waals surface area contributed by atoms with E-state index in [2.05, 4.69) is 9.97 Å². The Hall–Kier alpha value is -2.04. The summed E-state index contributed by atoms with van der Waals surface area (Å²) in [7, 11) is 0. The highest BCUT2D eigenvalue weighted by molar-refractivity contribution is 6.02. The monoisotopic (exact) mass is 192 g/mol. The number of pyridine rings is 1. The number of carbonyl (C=O) groups is 1. The van der Waals surface area contributed by atoms with Crippen molar-refractivity contribution in [2.75, 3.05) is 0 Å². The van der Waals surface area contributed by atoms with E-state index in [1.807, 2.05) is 0 Å². The molecule has 2 heterocycles. The maximum absolute atomic E-state index is 11.3. The average Bonchev–Trinajstić information content (AvgIpc) is 2.51. The molecule has 0 aliphatic carbocycles. The summed E-state index contributed by atoms with van der Waals surface area (Å²) in [4.78, 5) is 27.5. The Kier molecular flexibility index (Phi) is 1.67. The standard InChI is InChI=1S/C9H8N2O3/c1-4-7-5(2-3-10-7)6(9(13)14)8(12)11-4/h2-3,10H,1H3,(H,11,12)(H,13,14). The summed E-state index contributed by atoms with van der Waals surface area (Å²) in [5, 5.41) is 9.28. The quantitative estimate of drug-likeness (QED) is 0.626. The SMILES string of the molecule is Cc1[nH]c(=O)c(C(=O)O)c2cc[nH]c12. The number of nitrogens with one attached hydrogen (secondary N) is 2. The third kappa shape index (κ3) is 1.02. The van der Waals surface area contributed by atoms with Crippen LogP contribution in [0.25, 0.3) is 10.9 Å². The highest BCUT2D eigenvalue weighted by Gasteiger charge is 2.15. The Labute approximate surface area is 78.4 Å². The molecule has 0 aliphatic rings. The summed E-state index contributed by atoms with van der Waals surface area (Å²) in [6.45, 7) is 1.71. The highest BCUT2D eigenvalue weighted by atomic mass is 16.4. The molecule has 0 saturated heterocycles. The summed E-state index contributed by atoms with van der Waals surface area (Å²) >= 11 is 0. The van der Waals surface area contributed by atoms with Crippen molar-refractivity contribution in [1.82, 2.24) is 9.97 Å². The lowest BCUT2D eigenvalue weighted by molar-refractivity contribution is 0.0697. The minimum Gasteiger partial charge on any atom is -0.477 e. The van der Waals surface area contributed by atoms with Crippen LogP contribution in [0, 0.1) is 6.92 Å². The second kappa shape index (κ2) is 2.73. The molecule has 0 fully saturated rings. The minimum absolute atomic E-state index is 0.216. The average molecular weight is 192 g/mol. The number of H-pyrrole nitrogens is 2. The number of hydrogen-bond acceptors (Lipinski definition) is 2. The van der Waals surface area contributed by atoms with Crippen LogP contribution in [-0.4, -0.2) is 21.0 Å². The molecule has 0 radical (unpaired) electrons. The van der Waals surface area contributed by atoms with Gasteiger partial charge in [-0.05, 0) is 13.0 Å². The van der Waals surface area contributed by atoms with Crippen LogP contribution in [0.15, 0.2) is 17.1 Å². The molecule has 5 heteroatoms. The molecule has 0 aliphatic heterocycles. The van der Waals surface area contributed by atoms with Crippen molar-refractivity contribution in [3.05, 3.63) is 33.9 Å². The van der Waals surface area contributed by atoms with Crippen molar-refractivity contribution in [1.29, 1.82) is 0 Å². The first-order valence-electron chi connectivity index (χ1n) is 4.04. The van der Waals surface area contributed by atoms with E-state index >= 15 is 0 Å². The van der Waals surface area contributed by atoms with Gasteiger partial charge < -0.3 is 15.1 Å². The third-order valence-corrected chi connectivity index (χ3v) is 2.13. The van der Waals surface area contributed by atoms with E-state index < -0.39 is 11.5 Å². The van der Waals surface area contributed by atoms with Crippen molar-refractivity contribution in [3.63, 3.8) is 0 Å². The number of rotatable bonds is 1. The van der Waals surface area contributed by atoms with Crippen LogP contribution in [-0.2, 0) is 0 Å². The number of carboxylic acid groups (broad SMARTS) is 1. The van der Waals surface area contributed by atoms with E-state index in [0.717, 1.165) is 0 Å². The maximum Gasteiger partial charge on any atom is 0.342 e. The molecule has 0 spiro atoms. The molecule has 14 heavy (non-hydrogen) atoms. The topological polar surface area (TPSA) is 85.9 Å². The van der Waals surface area contributed by atoms with Gasteiger partial charge in [0, 0.05) is 17.3 Å². The first-order chi connectivity index (χ1) is 6.61. The minimum atomic E-state index is -1.21. The molecule has 2 rings (SSSR count). The summed E-state index contributed by atoms with van der Waals surface area (Å²) in [5.74, 6) is -1.21. The lowest BCUT2D eigenvalue weighted by Gasteiger charge is -1.99. The number of fused-ring (bicyclic) bond motifs is 1. The maximum atomic E-state index is 11.3. The molecule has 2 aromatic rings. The van der Waals surface area contributed by atoms with Gasteiger partial charge in [-0.3, -0.25) is 4.79 Å². The number of aryl methyl sites for hydroxylation is 1. The van der Waals surface area contributed by atoms with Gasteiger partial charge >= 0.3 is 5.97 Å². The Morgan fingerprint density at radius 1 is 1.50 bits per heavy atom. The van der Waals surface area contributed by atoms with Crippen LogP contribution >= 0.6 is 0 Å². The van der Waals surface area contributed by atoms with Crippen LogP contribution in [0.4, 0.5) is 0 Å². The van der Waals surface area contributed by atoms with Gasteiger partial charge in [-0.1, -0.05) is 0 Å². The Balaban J connectivity index is 3.01. The molecule has 2 aromatic heterocycles. The Morgan fingerprint density at radius 3 is 2.86 bits per heavy atom. The highest BCUT2D eigenvalue weighted by Crippen LogP contribution is 2.16. The van der Waals surface area contributed by atoms with Gasteiger partial charge in [0.05, 0.1) is 5.52 Å². The van der Waals surface area contributed by atoms with Crippen LogP contribution in [0.2, 0.25) is 0 Å². The summed E-state index contributed by atoms with van der Waals surface area (Å²) < 4.78 is 0. The van der Waals surface area contributed by atoms with Crippen molar-refractivity contribution in [2.24, 2.45) is 0 Å². The molecule has 0 aromatic carbocycles. The smallest absolute Gasteiger partial charge is 0.342 e. The summed E-state index contributed by atoms with van der Waals surface area (Å²) in [6.07, 6.45) is 1.61. The van der Waals surface area contributed by atoms with Gasteiger partial charge in [0.15, 0.2) is 0 Å². The van der Waals surface area contributed by atoms with Gasteiger partial charge in [0.25, 0.3) is 5.56 Å². The van der Waals surface area contributed by atoms with Gasteiger partial charge in [-0.25, -0.2) is 4.79 Å². The zero-order valence-corrected chi connectivity index (χ0v) is 7.42. The van der Waals surface area contributed by atoms with Crippen LogP contribution < -0.4 is 5.56 Å². The van der Waals surface area contributed by atoms with Gasteiger partial charge in [0.2, 0.25) is 0 Å². The van der Waals surface area contributed by atoms with Gasteiger partial charge in [0.1, 0.15) is 5.56 Å². The fourth-order valence-corrected chi connectivity index (χ4v) is 1.52. The van der Waals surface area contributed by atoms with E-state index in [9.17, 15) is 9.59 Å². The fourth-order valence-electron chi connectivity index (χ4n) is 1.52. The molecule has 5 nitrogen and oxygen atoms in total.